The van der Waals surface area contributed by atoms with Crippen molar-refractivity contribution in [3.8, 4) is 17.2 Å². The van der Waals surface area contributed by atoms with Gasteiger partial charge in [-0.3, -0.25) is 19.9 Å². The molecule has 2 aromatic carbocycles. The van der Waals surface area contributed by atoms with Gasteiger partial charge in [0.05, 0.1) is 36.7 Å². The maximum Gasteiger partial charge on any atom is 0.234 e. The fraction of sp³-hybridized carbons (Fsp3) is 0.250. The highest BCUT2D eigenvalue weighted by atomic mass is 32.2. The van der Waals surface area contributed by atoms with E-state index in [-0.39, 0.29) is 17.1 Å². The number of anilines is 1. The van der Waals surface area contributed by atoms with Crippen molar-refractivity contribution in [3.63, 3.8) is 0 Å². The van der Waals surface area contributed by atoms with E-state index in [9.17, 15) is 4.79 Å². The molecule has 9 nitrogen and oxygen atoms in total. The molecule has 2 aromatic heterocycles. The zero-order valence-electron chi connectivity index (χ0n) is 19.4. The number of rotatable bonds is 8. The van der Waals surface area contributed by atoms with E-state index in [1.54, 1.807) is 37.0 Å². The summed E-state index contributed by atoms with van der Waals surface area (Å²) in [6.45, 7) is 3.93. The first-order chi connectivity index (χ1) is 16.4. The number of amides is 1. The van der Waals surface area contributed by atoms with E-state index in [0.717, 1.165) is 12.1 Å². The van der Waals surface area contributed by atoms with Crippen LogP contribution in [0.5, 0.6) is 11.5 Å². The van der Waals surface area contributed by atoms with E-state index < -0.39 is 0 Å². The number of aryl methyl sites for hydroxylation is 2. The number of nitrogens with one attached hydrogen (secondary N) is 3. The molecule has 0 saturated heterocycles. The van der Waals surface area contributed by atoms with Gasteiger partial charge in [0.2, 0.25) is 5.91 Å². The molecule has 4 rings (SSSR count). The van der Waals surface area contributed by atoms with Crippen LogP contribution in [0.15, 0.2) is 47.6 Å². The Morgan fingerprint density at radius 3 is 2.62 bits per heavy atom. The molecule has 0 fully saturated rings. The van der Waals surface area contributed by atoms with Gasteiger partial charge in [-0.15, -0.1) is 0 Å². The van der Waals surface area contributed by atoms with Gasteiger partial charge in [-0.25, -0.2) is 4.98 Å². The second kappa shape index (κ2) is 10.0. The molecule has 0 radical (unpaired) electrons. The third-order valence-corrected chi connectivity index (χ3v) is 6.34. The standard InChI is InChI=1S/C24H26N6O3S/c1-5-15-6-8-16(9-7-15)30-22(25)21-14(2)28-29-23(21)27-24(30)34-13-20(31)26-18-12-17(32-3)10-11-19(18)33-4/h6-12,25H,5,13H2,1-4H3,(H,26,31)(H,28,29). The molecule has 0 spiro atoms. The summed E-state index contributed by atoms with van der Waals surface area (Å²) < 4.78 is 12.3. The van der Waals surface area contributed by atoms with E-state index in [2.05, 4.69) is 27.4 Å². The maximum atomic E-state index is 12.8. The van der Waals surface area contributed by atoms with Crippen LogP contribution in [0.1, 0.15) is 18.2 Å². The summed E-state index contributed by atoms with van der Waals surface area (Å²) in [5, 5.41) is 20.0. The molecule has 0 unspecified atom stereocenters. The summed E-state index contributed by atoms with van der Waals surface area (Å²) in [4.78, 5) is 17.5. The maximum absolute atomic E-state index is 12.8. The number of thioether (sulfide) groups is 1. The van der Waals surface area contributed by atoms with Crippen LogP contribution in [0.25, 0.3) is 16.7 Å². The van der Waals surface area contributed by atoms with Gasteiger partial charge in [0.25, 0.3) is 0 Å². The minimum absolute atomic E-state index is 0.0818. The third kappa shape index (κ3) is 4.62. The van der Waals surface area contributed by atoms with E-state index in [4.69, 9.17) is 14.9 Å². The quantitative estimate of drug-likeness (QED) is 0.262. The molecule has 0 aliphatic rings. The molecular formula is C24H26N6O3S. The van der Waals surface area contributed by atoms with Crippen LogP contribution in [0.4, 0.5) is 5.69 Å². The smallest absolute Gasteiger partial charge is 0.234 e. The van der Waals surface area contributed by atoms with Crippen LogP contribution >= 0.6 is 11.8 Å². The molecule has 0 aliphatic carbocycles. The lowest BCUT2D eigenvalue weighted by molar-refractivity contribution is -0.113. The predicted octanol–water partition coefficient (Wildman–Crippen LogP) is 3.85. The molecule has 1 amide bonds. The Hall–Kier alpha value is -3.79. The second-order valence-electron chi connectivity index (χ2n) is 7.53. The largest absolute Gasteiger partial charge is 0.497 e. The van der Waals surface area contributed by atoms with E-state index in [0.29, 0.717) is 39.1 Å². The minimum atomic E-state index is -0.237. The summed E-state index contributed by atoms with van der Waals surface area (Å²) in [6, 6.07) is 13.2. The number of hydrogen-bond acceptors (Lipinski definition) is 7. The number of carbonyl (C=O) groups excluding carboxylic acids is 1. The number of H-pyrrole nitrogens is 1. The highest BCUT2D eigenvalue weighted by Crippen LogP contribution is 2.29. The van der Waals surface area contributed by atoms with Crippen molar-refractivity contribution >= 4 is 34.4 Å². The van der Waals surface area contributed by atoms with Crippen molar-refractivity contribution < 1.29 is 14.3 Å². The van der Waals surface area contributed by atoms with Gasteiger partial charge in [0.15, 0.2) is 10.8 Å². The van der Waals surface area contributed by atoms with Crippen LogP contribution in [-0.2, 0) is 11.2 Å². The van der Waals surface area contributed by atoms with Gasteiger partial charge in [0, 0.05) is 11.8 Å². The average Bonchev–Trinajstić information content (AvgIpc) is 3.23. The third-order valence-electron chi connectivity index (χ3n) is 5.40. The normalized spacial score (nSPS) is 10.9. The first-order valence-corrected chi connectivity index (χ1v) is 11.7. The summed E-state index contributed by atoms with van der Waals surface area (Å²) >= 11 is 1.24. The fourth-order valence-electron chi connectivity index (χ4n) is 3.58. The fourth-order valence-corrected chi connectivity index (χ4v) is 4.40. The number of nitrogens with zero attached hydrogens (tertiary/aromatic N) is 3. The van der Waals surface area contributed by atoms with Crippen molar-refractivity contribution in [1.29, 1.82) is 5.41 Å². The number of carbonyl (C=O) groups is 1. The van der Waals surface area contributed by atoms with Crippen molar-refractivity contribution in [2.45, 2.75) is 25.4 Å². The molecule has 34 heavy (non-hydrogen) atoms. The molecule has 0 saturated carbocycles. The average molecular weight is 479 g/mol. The molecule has 0 bridgehead atoms. The second-order valence-corrected chi connectivity index (χ2v) is 8.48. The number of aromatic amines is 1. The van der Waals surface area contributed by atoms with E-state index in [1.807, 2.05) is 31.2 Å². The Labute approximate surface area is 201 Å². The number of fused-ring (bicyclic) bond motifs is 1. The van der Waals surface area contributed by atoms with Crippen LogP contribution in [0.2, 0.25) is 0 Å². The molecule has 2 heterocycles. The topological polar surface area (TPSA) is 118 Å². The van der Waals surface area contributed by atoms with Crippen molar-refractivity contribution in [3.05, 3.63) is 59.2 Å². The van der Waals surface area contributed by atoms with E-state index in [1.165, 1.54) is 17.3 Å². The summed E-state index contributed by atoms with van der Waals surface area (Å²) in [7, 11) is 3.10. The molecule has 3 N–H and O–H groups in total. The summed E-state index contributed by atoms with van der Waals surface area (Å²) in [5.74, 6) is 0.987. The molecular weight excluding hydrogens is 452 g/mol. The molecule has 0 aliphatic heterocycles. The van der Waals surface area contributed by atoms with Gasteiger partial charge in [-0.05, 0) is 43.2 Å². The zero-order chi connectivity index (χ0) is 24.2. The number of benzene rings is 2. The number of methoxy groups -OCH3 is 2. The van der Waals surface area contributed by atoms with Crippen molar-refractivity contribution in [1.82, 2.24) is 19.7 Å². The van der Waals surface area contributed by atoms with Crippen LogP contribution in [0.3, 0.4) is 0 Å². The predicted molar refractivity (Wildman–Crippen MR) is 132 cm³/mol. The minimum Gasteiger partial charge on any atom is -0.497 e. The van der Waals surface area contributed by atoms with Crippen molar-refractivity contribution in [2.24, 2.45) is 0 Å². The lowest BCUT2D eigenvalue weighted by atomic mass is 10.1. The highest BCUT2D eigenvalue weighted by Gasteiger charge is 2.17. The van der Waals surface area contributed by atoms with Crippen LogP contribution in [-0.4, -0.2) is 45.6 Å². The van der Waals surface area contributed by atoms with Gasteiger partial charge >= 0.3 is 0 Å². The zero-order valence-corrected chi connectivity index (χ0v) is 20.2. The van der Waals surface area contributed by atoms with Gasteiger partial charge in [-0.2, -0.15) is 5.10 Å². The van der Waals surface area contributed by atoms with Crippen LogP contribution < -0.4 is 20.3 Å². The Kier molecular flexibility index (Phi) is 6.87. The molecule has 0 atom stereocenters. The number of ether oxygens (including phenoxy) is 2. The lowest BCUT2D eigenvalue weighted by Gasteiger charge is -2.15. The van der Waals surface area contributed by atoms with Gasteiger partial charge in [0.1, 0.15) is 17.0 Å². The summed E-state index contributed by atoms with van der Waals surface area (Å²) in [5.41, 5.74) is 3.99. The molecule has 10 heteroatoms. The SMILES string of the molecule is CCc1ccc(-n2c(SCC(=O)Nc3cc(OC)ccc3OC)nc3[nH]nc(C)c3c2=N)cc1. The molecule has 176 valence electrons. The Bertz CT molecular complexity index is 1390. The lowest BCUT2D eigenvalue weighted by Crippen LogP contribution is -2.23. The monoisotopic (exact) mass is 478 g/mol. The first-order valence-electron chi connectivity index (χ1n) is 10.7. The Morgan fingerprint density at radius 1 is 1.18 bits per heavy atom. The van der Waals surface area contributed by atoms with Crippen molar-refractivity contribution in [2.75, 3.05) is 25.3 Å². The summed E-state index contributed by atoms with van der Waals surface area (Å²) in [6.07, 6.45) is 0.923. The number of aromatic nitrogens is 4. The number of hydrogen-bond donors (Lipinski definition) is 3. The Balaban J connectivity index is 1.65. The molecule has 4 aromatic rings. The highest BCUT2D eigenvalue weighted by molar-refractivity contribution is 7.99. The first kappa shape index (κ1) is 23.4. The van der Waals surface area contributed by atoms with Crippen LogP contribution in [0, 0.1) is 12.3 Å². The van der Waals surface area contributed by atoms with Gasteiger partial charge in [-0.1, -0.05) is 30.8 Å². The van der Waals surface area contributed by atoms with E-state index >= 15 is 0 Å². The Morgan fingerprint density at radius 2 is 1.94 bits per heavy atom. The van der Waals surface area contributed by atoms with Gasteiger partial charge < -0.3 is 14.8 Å².